The molecule has 1 heterocycles. The van der Waals surface area contributed by atoms with Crippen LogP contribution in [0.1, 0.15) is 40.9 Å². The molecule has 0 aliphatic carbocycles. The monoisotopic (exact) mass is 182 g/mol. The van der Waals surface area contributed by atoms with Crippen molar-refractivity contribution in [2.75, 3.05) is 0 Å². The van der Waals surface area contributed by atoms with Crippen LogP contribution in [-0.2, 0) is 5.72 Å². The molecule has 0 aromatic carbocycles. The predicted octanol–water partition coefficient (Wildman–Crippen LogP) is 2.73. The van der Waals surface area contributed by atoms with E-state index in [1.54, 1.807) is 4.57 Å². The molecule has 0 aliphatic heterocycles. The summed E-state index contributed by atoms with van der Waals surface area (Å²) in [6.45, 7) is 3.92. The van der Waals surface area contributed by atoms with Gasteiger partial charge >= 0.3 is 0 Å². The van der Waals surface area contributed by atoms with Crippen molar-refractivity contribution < 1.29 is 6.48 Å². The standard InChI is InChI=1S/C11H19NO/c1-3-5-8-11(13,4-2)12-9-6-7-10-12/h6-7,9-10,13H,3-5,8H2,1-2H3/i5D. The minimum atomic E-state index is -0.883. The van der Waals surface area contributed by atoms with Gasteiger partial charge in [-0.2, -0.15) is 0 Å². The van der Waals surface area contributed by atoms with Crippen LogP contribution < -0.4 is 0 Å². The SMILES string of the molecule is [2H]C(CC)CC(O)(CC)n1cccc1. The lowest BCUT2D eigenvalue weighted by molar-refractivity contribution is -0.0508. The molecular formula is C11H19NO. The summed E-state index contributed by atoms with van der Waals surface area (Å²) in [4.78, 5) is 0. The highest BCUT2D eigenvalue weighted by atomic mass is 16.3. The Morgan fingerprint density at radius 2 is 2.00 bits per heavy atom. The van der Waals surface area contributed by atoms with Gasteiger partial charge in [-0.3, -0.25) is 0 Å². The maximum absolute atomic E-state index is 10.3. The third-order valence-corrected chi connectivity index (χ3v) is 2.41. The molecule has 1 aromatic rings. The van der Waals surface area contributed by atoms with Crippen LogP contribution in [0.4, 0.5) is 0 Å². The number of aromatic nitrogens is 1. The predicted molar refractivity (Wildman–Crippen MR) is 54.4 cm³/mol. The maximum atomic E-state index is 10.3. The van der Waals surface area contributed by atoms with Gasteiger partial charge in [0.25, 0.3) is 0 Å². The Morgan fingerprint density at radius 1 is 1.38 bits per heavy atom. The molecule has 0 fully saturated rings. The second-order valence-electron chi connectivity index (χ2n) is 3.33. The van der Waals surface area contributed by atoms with E-state index in [-0.39, 0.29) is 6.40 Å². The van der Waals surface area contributed by atoms with Gasteiger partial charge in [0.05, 0.1) is 0 Å². The fourth-order valence-electron chi connectivity index (χ4n) is 1.42. The van der Waals surface area contributed by atoms with Crippen molar-refractivity contribution >= 4 is 0 Å². The van der Waals surface area contributed by atoms with Gasteiger partial charge in [-0.05, 0) is 31.4 Å². The molecule has 0 bridgehead atoms. The largest absolute Gasteiger partial charge is 0.371 e. The summed E-state index contributed by atoms with van der Waals surface area (Å²) in [5.74, 6) is 0. The van der Waals surface area contributed by atoms with Crippen molar-refractivity contribution in [2.45, 2.75) is 45.2 Å². The summed E-state index contributed by atoms with van der Waals surface area (Å²) in [5, 5.41) is 10.3. The molecule has 0 saturated carbocycles. The zero-order valence-corrected chi connectivity index (χ0v) is 8.40. The van der Waals surface area contributed by atoms with E-state index >= 15 is 0 Å². The molecule has 0 saturated heterocycles. The number of aliphatic hydroxyl groups is 1. The Kier molecular flexibility index (Phi) is 3.03. The van der Waals surface area contributed by atoms with Gasteiger partial charge < -0.3 is 9.67 Å². The molecule has 0 spiro atoms. The highest BCUT2D eigenvalue weighted by molar-refractivity contribution is 4.95. The molecule has 0 aliphatic rings. The van der Waals surface area contributed by atoms with E-state index in [1.807, 2.05) is 38.4 Å². The Bertz CT molecular complexity index is 260. The first-order chi connectivity index (χ1) is 6.62. The lowest BCUT2D eigenvalue weighted by Gasteiger charge is -2.28. The summed E-state index contributed by atoms with van der Waals surface area (Å²) in [6.07, 6.45) is 5.43. The molecular weight excluding hydrogens is 162 g/mol. The Hall–Kier alpha value is -0.760. The normalized spacial score (nSPS) is 19.2. The van der Waals surface area contributed by atoms with Gasteiger partial charge in [0.1, 0.15) is 5.72 Å². The Labute approximate surface area is 81.6 Å². The van der Waals surface area contributed by atoms with Crippen molar-refractivity contribution in [1.29, 1.82) is 0 Å². The van der Waals surface area contributed by atoms with Crippen LogP contribution in [-0.4, -0.2) is 9.67 Å². The molecule has 2 heteroatoms. The van der Waals surface area contributed by atoms with Crippen molar-refractivity contribution in [3.63, 3.8) is 0 Å². The second-order valence-corrected chi connectivity index (χ2v) is 3.33. The molecule has 2 unspecified atom stereocenters. The fraction of sp³-hybridized carbons (Fsp3) is 0.636. The molecule has 13 heavy (non-hydrogen) atoms. The summed E-state index contributed by atoms with van der Waals surface area (Å²) < 4.78 is 9.50. The summed E-state index contributed by atoms with van der Waals surface area (Å²) in [6, 6.07) is 3.79. The fourth-order valence-corrected chi connectivity index (χ4v) is 1.42. The van der Waals surface area contributed by atoms with E-state index in [0.29, 0.717) is 12.8 Å². The quantitative estimate of drug-likeness (QED) is 0.744. The van der Waals surface area contributed by atoms with Gasteiger partial charge in [-0.15, -0.1) is 0 Å². The molecule has 0 radical (unpaired) electrons. The average Bonchev–Trinajstić information content (AvgIpc) is 2.70. The minimum absolute atomic E-state index is 0.192. The molecule has 1 rings (SSSR count). The smallest absolute Gasteiger partial charge is 0.140 e. The highest BCUT2D eigenvalue weighted by Gasteiger charge is 2.24. The topological polar surface area (TPSA) is 25.2 Å². The average molecular weight is 182 g/mol. The lowest BCUT2D eigenvalue weighted by atomic mass is 10.0. The van der Waals surface area contributed by atoms with E-state index in [9.17, 15) is 5.11 Å². The van der Waals surface area contributed by atoms with Crippen molar-refractivity contribution in [3.8, 4) is 0 Å². The van der Waals surface area contributed by atoms with E-state index < -0.39 is 5.72 Å². The molecule has 2 nitrogen and oxygen atoms in total. The first-order valence-electron chi connectivity index (χ1n) is 5.48. The van der Waals surface area contributed by atoms with Crippen molar-refractivity contribution in [3.05, 3.63) is 24.5 Å². The van der Waals surface area contributed by atoms with Gasteiger partial charge in [-0.25, -0.2) is 0 Å². The minimum Gasteiger partial charge on any atom is -0.371 e. The zero-order chi connectivity index (χ0) is 10.6. The van der Waals surface area contributed by atoms with Crippen LogP contribution in [0.3, 0.4) is 0 Å². The van der Waals surface area contributed by atoms with Crippen LogP contribution in [0.5, 0.6) is 0 Å². The van der Waals surface area contributed by atoms with Crippen LogP contribution >= 0.6 is 0 Å². The van der Waals surface area contributed by atoms with E-state index in [1.165, 1.54) is 0 Å². The number of hydrogen-bond acceptors (Lipinski definition) is 1. The van der Waals surface area contributed by atoms with Gasteiger partial charge in [-0.1, -0.05) is 20.3 Å². The molecule has 1 N–H and O–H groups in total. The van der Waals surface area contributed by atoms with Gasteiger partial charge in [0, 0.05) is 13.8 Å². The van der Waals surface area contributed by atoms with E-state index in [4.69, 9.17) is 1.37 Å². The van der Waals surface area contributed by atoms with Crippen LogP contribution in [0.15, 0.2) is 24.5 Å². The summed E-state index contributed by atoms with van der Waals surface area (Å²) in [7, 11) is 0. The zero-order valence-electron chi connectivity index (χ0n) is 9.40. The highest BCUT2D eigenvalue weighted by Crippen LogP contribution is 2.24. The maximum Gasteiger partial charge on any atom is 0.140 e. The molecule has 0 amide bonds. The number of rotatable bonds is 5. The third-order valence-electron chi connectivity index (χ3n) is 2.41. The Balaban J connectivity index is 2.76. The van der Waals surface area contributed by atoms with Crippen molar-refractivity contribution in [1.82, 2.24) is 4.57 Å². The lowest BCUT2D eigenvalue weighted by Crippen LogP contribution is -2.31. The Morgan fingerprint density at radius 3 is 2.46 bits per heavy atom. The molecule has 2 atom stereocenters. The van der Waals surface area contributed by atoms with E-state index in [0.717, 1.165) is 6.42 Å². The molecule has 1 aromatic heterocycles. The number of hydrogen-bond donors (Lipinski definition) is 1. The number of nitrogens with zero attached hydrogens (tertiary/aromatic N) is 1. The second kappa shape index (κ2) is 4.47. The van der Waals surface area contributed by atoms with Crippen LogP contribution in [0.25, 0.3) is 0 Å². The van der Waals surface area contributed by atoms with E-state index in [2.05, 4.69) is 0 Å². The first kappa shape index (κ1) is 8.82. The van der Waals surface area contributed by atoms with Crippen molar-refractivity contribution in [2.24, 2.45) is 0 Å². The molecule has 74 valence electrons. The third kappa shape index (κ3) is 2.34. The van der Waals surface area contributed by atoms with Gasteiger partial charge in [0.2, 0.25) is 0 Å². The van der Waals surface area contributed by atoms with Gasteiger partial charge in [0.15, 0.2) is 0 Å². The van der Waals surface area contributed by atoms with Crippen LogP contribution in [0.2, 0.25) is 0 Å². The summed E-state index contributed by atoms with van der Waals surface area (Å²) in [5.41, 5.74) is -0.883. The first-order valence-corrected chi connectivity index (χ1v) is 4.90. The van der Waals surface area contributed by atoms with Crippen LogP contribution in [0, 0.1) is 0 Å². The summed E-state index contributed by atoms with van der Waals surface area (Å²) >= 11 is 0.